The fraction of sp³-hybridized carbons (Fsp3) is 0.500. The molecule has 4 rings (SSSR count). The molecule has 0 bridgehead atoms. The van der Waals surface area contributed by atoms with Crippen molar-refractivity contribution in [3.63, 3.8) is 0 Å². The number of nitrogens with zero attached hydrogens (tertiary/aromatic N) is 5. The van der Waals surface area contributed by atoms with Gasteiger partial charge in [0.2, 0.25) is 0 Å². The van der Waals surface area contributed by atoms with E-state index in [0.29, 0.717) is 23.6 Å². The molecule has 1 saturated heterocycles. The number of piperazine rings is 1. The maximum absolute atomic E-state index is 12.5. The van der Waals surface area contributed by atoms with Gasteiger partial charge in [0.1, 0.15) is 5.82 Å². The van der Waals surface area contributed by atoms with Gasteiger partial charge in [-0.25, -0.2) is 4.98 Å². The maximum Gasteiger partial charge on any atom is 0.261 e. The fourth-order valence-electron chi connectivity index (χ4n) is 4.18. The van der Waals surface area contributed by atoms with Crippen LogP contribution in [-0.2, 0) is 6.54 Å². The summed E-state index contributed by atoms with van der Waals surface area (Å²) in [6.45, 7) is 11.5. The second kappa shape index (κ2) is 8.47. The lowest BCUT2D eigenvalue weighted by Crippen LogP contribution is -2.49. The quantitative estimate of drug-likeness (QED) is 0.671. The molecule has 7 nitrogen and oxygen atoms in total. The van der Waals surface area contributed by atoms with Crippen LogP contribution < -0.4 is 0 Å². The second-order valence-corrected chi connectivity index (χ2v) is 8.12. The van der Waals surface area contributed by atoms with E-state index in [0.717, 1.165) is 51.6 Å². The smallest absolute Gasteiger partial charge is 0.261 e. The normalized spacial score (nSPS) is 18.1. The summed E-state index contributed by atoms with van der Waals surface area (Å²) < 4.78 is 2.25. The molecule has 29 heavy (non-hydrogen) atoms. The summed E-state index contributed by atoms with van der Waals surface area (Å²) in [5.41, 5.74) is 1.06. The van der Waals surface area contributed by atoms with E-state index < -0.39 is 0 Å². The molecule has 0 atom stereocenters. The van der Waals surface area contributed by atoms with Gasteiger partial charge in [-0.15, -0.1) is 0 Å². The summed E-state index contributed by atoms with van der Waals surface area (Å²) in [5, 5.41) is 0. The minimum atomic E-state index is -0.162. The van der Waals surface area contributed by atoms with Crippen LogP contribution in [0.15, 0.2) is 36.7 Å². The first-order valence-electron chi connectivity index (χ1n) is 10.5. The van der Waals surface area contributed by atoms with Crippen LogP contribution in [0.1, 0.15) is 46.3 Å². The lowest BCUT2D eigenvalue weighted by atomic mass is 10.1. The van der Waals surface area contributed by atoms with E-state index in [1.165, 1.54) is 4.90 Å². The third-order valence-electron chi connectivity index (χ3n) is 5.90. The number of hydrogen-bond donors (Lipinski definition) is 0. The number of imide groups is 1. The summed E-state index contributed by atoms with van der Waals surface area (Å²) in [5.74, 6) is 1.25. The highest BCUT2D eigenvalue weighted by atomic mass is 16.2. The van der Waals surface area contributed by atoms with Gasteiger partial charge in [-0.1, -0.05) is 26.0 Å². The largest absolute Gasteiger partial charge is 0.333 e. The van der Waals surface area contributed by atoms with Crippen LogP contribution in [0, 0.1) is 0 Å². The van der Waals surface area contributed by atoms with Crippen molar-refractivity contribution in [2.24, 2.45) is 0 Å². The molecule has 3 heterocycles. The van der Waals surface area contributed by atoms with E-state index in [2.05, 4.69) is 39.4 Å². The zero-order valence-corrected chi connectivity index (χ0v) is 17.3. The van der Waals surface area contributed by atoms with Crippen molar-refractivity contribution in [1.29, 1.82) is 0 Å². The highest BCUT2D eigenvalue weighted by Gasteiger charge is 2.35. The highest BCUT2D eigenvalue weighted by molar-refractivity contribution is 6.21. The van der Waals surface area contributed by atoms with E-state index in [1.54, 1.807) is 24.3 Å². The van der Waals surface area contributed by atoms with Crippen LogP contribution >= 0.6 is 0 Å². The molecular weight excluding hydrogens is 366 g/mol. The minimum absolute atomic E-state index is 0.162. The van der Waals surface area contributed by atoms with Gasteiger partial charge < -0.3 is 4.57 Å². The molecule has 2 amide bonds. The van der Waals surface area contributed by atoms with E-state index in [9.17, 15) is 9.59 Å². The van der Waals surface area contributed by atoms with Gasteiger partial charge in [0.05, 0.1) is 11.1 Å². The summed E-state index contributed by atoms with van der Waals surface area (Å²) in [7, 11) is 0. The molecule has 2 aliphatic rings. The summed E-state index contributed by atoms with van der Waals surface area (Å²) in [4.78, 5) is 35.6. The number of rotatable bonds is 7. The zero-order chi connectivity index (χ0) is 20.4. The molecule has 7 heteroatoms. The number of carbonyl (C=O) groups excluding carboxylic acids is 2. The number of amides is 2. The Morgan fingerprint density at radius 3 is 1.97 bits per heavy atom. The molecule has 1 fully saturated rings. The Hall–Kier alpha value is -2.51. The molecule has 0 N–H and O–H groups in total. The fourth-order valence-corrected chi connectivity index (χ4v) is 4.18. The number of fused-ring (bicyclic) bond motifs is 1. The lowest BCUT2D eigenvalue weighted by molar-refractivity contribution is 0.0614. The number of hydrogen-bond acceptors (Lipinski definition) is 5. The van der Waals surface area contributed by atoms with Crippen LogP contribution in [0.3, 0.4) is 0 Å². The molecule has 2 aliphatic heterocycles. The number of benzene rings is 1. The number of aromatic nitrogens is 2. The standard InChI is InChI=1S/C22H29N5O2/c1-17(2)20-23-7-8-26(20)15-13-24-9-11-25(12-10-24)14-16-27-21(28)18-5-3-4-6-19(18)22(27)29/h3-8,17H,9-16H2,1-2H3. The first-order valence-corrected chi connectivity index (χ1v) is 10.5. The van der Waals surface area contributed by atoms with Crippen molar-refractivity contribution in [3.05, 3.63) is 53.6 Å². The van der Waals surface area contributed by atoms with Crippen molar-refractivity contribution < 1.29 is 9.59 Å². The predicted molar refractivity (Wildman–Crippen MR) is 111 cm³/mol. The van der Waals surface area contributed by atoms with Gasteiger partial charge in [0.15, 0.2) is 0 Å². The Labute approximate surface area is 171 Å². The number of carbonyl (C=O) groups is 2. The molecule has 154 valence electrons. The van der Waals surface area contributed by atoms with E-state index in [4.69, 9.17) is 0 Å². The van der Waals surface area contributed by atoms with Gasteiger partial charge in [0, 0.05) is 70.7 Å². The van der Waals surface area contributed by atoms with Crippen LogP contribution in [0.25, 0.3) is 0 Å². The van der Waals surface area contributed by atoms with Crippen LogP contribution in [0.5, 0.6) is 0 Å². The highest BCUT2D eigenvalue weighted by Crippen LogP contribution is 2.22. The van der Waals surface area contributed by atoms with Crippen molar-refractivity contribution in [2.45, 2.75) is 26.3 Å². The monoisotopic (exact) mass is 395 g/mol. The molecule has 0 saturated carbocycles. The molecular formula is C22H29N5O2. The molecule has 1 aromatic heterocycles. The SMILES string of the molecule is CC(C)c1nccn1CCN1CCN(CCN2C(=O)c3ccccc3C2=O)CC1. The van der Waals surface area contributed by atoms with Crippen LogP contribution in [-0.4, -0.2) is 81.9 Å². The average molecular weight is 396 g/mol. The Balaban J connectivity index is 1.22. The van der Waals surface area contributed by atoms with Crippen LogP contribution in [0.2, 0.25) is 0 Å². The van der Waals surface area contributed by atoms with Gasteiger partial charge >= 0.3 is 0 Å². The topological polar surface area (TPSA) is 61.7 Å². The Kier molecular flexibility index (Phi) is 5.78. The first-order chi connectivity index (χ1) is 14.0. The summed E-state index contributed by atoms with van der Waals surface area (Å²) in [6, 6.07) is 7.08. The zero-order valence-electron chi connectivity index (χ0n) is 17.3. The third kappa shape index (κ3) is 4.11. The molecule has 0 unspecified atom stereocenters. The van der Waals surface area contributed by atoms with Crippen molar-refractivity contribution in [3.8, 4) is 0 Å². The third-order valence-corrected chi connectivity index (χ3v) is 5.90. The van der Waals surface area contributed by atoms with Crippen molar-refractivity contribution >= 4 is 11.8 Å². The Morgan fingerprint density at radius 2 is 1.41 bits per heavy atom. The van der Waals surface area contributed by atoms with E-state index >= 15 is 0 Å². The molecule has 0 radical (unpaired) electrons. The Bertz CT molecular complexity index is 848. The molecule has 0 aliphatic carbocycles. The van der Waals surface area contributed by atoms with Crippen molar-refractivity contribution in [2.75, 3.05) is 45.8 Å². The number of imidazole rings is 1. The van der Waals surface area contributed by atoms with Gasteiger partial charge in [-0.05, 0) is 12.1 Å². The van der Waals surface area contributed by atoms with Gasteiger partial charge in [-0.3, -0.25) is 24.3 Å². The van der Waals surface area contributed by atoms with Gasteiger partial charge in [-0.2, -0.15) is 0 Å². The van der Waals surface area contributed by atoms with Crippen LogP contribution in [0.4, 0.5) is 0 Å². The predicted octanol–water partition coefficient (Wildman–Crippen LogP) is 1.92. The second-order valence-electron chi connectivity index (χ2n) is 8.12. The van der Waals surface area contributed by atoms with Gasteiger partial charge in [0.25, 0.3) is 11.8 Å². The van der Waals surface area contributed by atoms with E-state index in [-0.39, 0.29) is 11.8 Å². The summed E-state index contributed by atoms with van der Waals surface area (Å²) in [6.07, 6.45) is 3.94. The Morgan fingerprint density at radius 1 is 0.862 bits per heavy atom. The van der Waals surface area contributed by atoms with E-state index in [1.807, 2.05) is 6.20 Å². The maximum atomic E-state index is 12.5. The lowest BCUT2D eigenvalue weighted by Gasteiger charge is -2.35. The molecule has 0 spiro atoms. The molecule has 1 aromatic carbocycles. The summed E-state index contributed by atoms with van der Waals surface area (Å²) >= 11 is 0. The first kappa shape index (κ1) is 19.8. The average Bonchev–Trinajstić information content (AvgIpc) is 3.30. The minimum Gasteiger partial charge on any atom is -0.333 e. The molecule has 2 aromatic rings. The van der Waals surface area contributed by atoms with Crippen molar-refractivity contribution in [1.82, 2.24) is 24.3 Å².